The first kappa shape index (κ1) is 25.5. The number of amides is 2. The Morgan fingerprint density at radius 1 is 0.967 bits per heavy atom. The number of anilines is 1. The number of aldehydes is 1. The van der Waals surface area contributed by atoms with E-state index in [0.29, 0.717) is 24.3 Å². The molecule has 0 saturated heterocycles. The first-order valence-electron chi connectivity index (χ1n) is 10.6. The molecule has 0 fully saturated rings. The van der Waals surface area contributed by atoms with Crippen LogP contribution < -0.4 is 15.4 Å². The van der Waals surface area contributed by atoms with Gasteiger partial charge in [0.15, 0.2) is 11.8 Å². The second-order valence-corrected chi connectivity index (χ2v) is 8.54. The van der Waals surface area contributed by atoms with Crippen molar-refractivity contribution in [3.8, 4) is 5.75 Å². The zero-order valence-electron chi connectivity index (χ0n) is 18.9. The average molecular weight is 421 g/mol. The average Bonchev–Trinajstić information content (AvgIpc) is 2.66. The topological polar surface area (TPSA) is 93.7 Å². The molecule has 0 saturated carbocycles. The molecule has 0 bridgehead atoms. The zero-order chi connectivity index (χ0) is 22.6. The van der Waals surface area contributed by atoms with Gasteiger partial charge in [0, 0.05) is 5.69 Å². The van der Waals surface area contributed by atoms with Gasteiger partial charge >= 0.3 is 6.09 Å². The third kappa shape index (κ3) is 9.76. The molecule has 1 unspecified atom stereocenters. The number of carbonyl (C=O) groups is 3. The van der Waals surface area contributed by atoms with Crippen LogP contribution in [0, 0.1) is 0 Å². The Kier molecular flexibility index (Phi) is 10.4. The highest BCUT2D eigenvalue weighted by atomic mass is 16.6. The Labute approximate surface area is 179 Å². The lowest BCUT2D eigenvalue weighted by Crippen LogP contribution is -2.56. The van der Waals surface area contributed by atoms with Crippen molar-refractivity contribution in [2.45, 2.75) is 84.3 Å². The highest BCUT2D eigenvalue weighted by molar-refractivity contribution is 6.10. The van der Waals surface area contributed by atoms with Gasteiger partial charge in [0.1, 0.15) is 11.4 Å². The van der Waals surface area contributed by atoms with Crippen molar-refractivity contribution in [2.24, 2.45) is 0 Å². The van der Waals surface area contributed by atoms with Gasteiger partial charge < -0.3 is 24.9 Å². The predicted molar refractivity (Wildman–Crippen MR) is 118 cm³/mol. The molecule has 168 valence electrons. The van der Waals surface area contributed by atoms with E-state index < -0.39 is 23.1 Å². The maximum absolute atomic E-state index is 12.5. The molecule has 1 aromatic rings. The monoisotopic (exact) mass is 420 g/mol. The van der Waals surface area contributed by atoms with E-state index in [-0.39, 0.29) is 0 Å². The first-order chi connectivity index (χ1) is 14.1. The van der Waals surface area contributed by atoms with Crippen LogP contribution in [0.15, 0.2) is 24.3 Å². The minimum Gasteiger partial charge on any atom is -0.494 e. The van der Waals surface area contributed by atoms with Crippen LogP contribution in [-0.2, 0) is 14.3 Å². The molecule has 0 spiro atoms. The molecule has 1 aromatic carbocycles. The summed E-state index contributed by atoms with van der Waals surface area (Å²) in [5.74, 6) is 0.0516. The maximum atomic E-state index is 12.5. The van der Waals surface area contributed by atoms with Gasteiger partial charge in [-0.05, 0) is 58.4 Å². The summed E-state index contributed by atoms with van der Waals surface area (Å²) in [7, 11) is 0. The van der Waals surface area contributed by atoms with Gasteiger partial charge in [-0.25, -0.2) is 4.79 Å². The van der Waals surface area contributed by atoms with Crippen LogP contribution in [0.2, 0.25) is 0 Å². The lowest BCUT2D eigenvalue weighted by atomic mass is 10.0. The van der Waals surface area contributed by atoms with E-state index >= 15 is 0 Å². The Morgan fingerprint density at radius 3 is 2.13 bits per heavy atom. The molecule has 1 rings (SSSR count). The molecular weight excluding hydrogens is 384 g/mol. The SMILES string of the molecule is CCCCCCCCOc1ccc(NC(=O)C(C)(C=O)NC(=O)OC(C)(C)C)cc1. The molecule has 7 heteroatoms. The number of benzene rings is 1. The van der Waals surface area contributed by atoms with E-state index in [1.54, 1.807) is 45.0 Å². The first-order valence-corrected chi connectivity index (χ1v) is 10.6. The fourth-order valence-corrected chi connectivity index (χ4v) is 2.62. The fraction of sp³-hybridized carbons (Fsp3) is 0.609. The van der Waals surface area contributed by atoms with Crippen molar-refractivity contribution in [3.63, 3.8) is 0 Å². The molecule has 2 amide bonds. The second-order valence-electron chi connectivity index (χ2n) is 8.54. The number of ether oxygens (including phenoxy) is 2. The molecule has 0 aliphatic rings. The molecule has 0 aliphatic heterocycles. The van der Waals surface area contributed by atoms with E-state index in [1.807, 2.05) is 0 Å². The minimum atomic E-state index is -1.75. The molecular formula is C23H36N2O5. The van der Waals surface area contributed by atoms with Crippen LogP contribution >= 0.6 is 0 Å². The van der Waals surface area contributed by atoms with Gasteiger partial charge in [-0.2, -0.15) is 0 Å². The summed E-state index contributed by atoms with van der Waals surface area (Å²) < 4.78 is 10.8. The van der Waals surface area contributed by atoms with E-state index in [1.165, 1.54) is 32.6 Å². The van der Waals surface area contributed by atoms with Crippen molar-refractivity contribution in [1.29, 1.82) is 0 Å². The van der Waals surface area contributed by atoms with Gasteiger partial charge in [0.25, 0.3) is 5.91 Å². The fourth-order valence-electron chi connectivity index (χ4n) is 2.62. The molecule has 0 aliphatic carbocycles. The minimum absolute atomic E-state index is 0.379. The Hall–Kier alpha value is -2.57. The lowest BCUT2D eigenvalue weighted by molar-refractivity contribution is -0.127. The molecule has 30 heavy (non-hydrogen) atoms. The van der Waals surface area contributed by atoms with Gasteiger partial charge in [-0.15, -0.1) is 0 Å². The molecule has 0 aromatic heterocycles. The summed E-state index contributed by atoms with van der Waals surface area (Å²) in [5, 5.41) is 4.95. The Morgan fingerprint density at radius 2 is 1.57 bits per heavy atom. The van der Waals surface area contributed by atoms with E-state index in [4.69, 9.17) is 9.47 Å². The number of hydrogen-bond acceptors (Lipinski definition) is 5. The van der Waals surface area contributed by atoms with Crippen molar-refractivity contribution in [3.05, 3.63) is 24.3 Å². The molecule has 7 nitrogen and oxygen atoms in total. The second kappa shape index (κ2) is 12.2. The number of carbonyl (C=O) groups excluding carboxylic acids is 3. The number of rotatable bonds is 12. The predicted octanol–water partition coefficient (Wildman–Crippen LogP) is 4.85. The van der Waals surface area contributed by atoms with Crippen LogP contribution in [0.25, 0.3) is 0 Å². The van der Waals surface area contributed by atoms with Crippen LogP contribution in [0.3, 0.4) is 0 Å². The summed E-state index contributed by atoms with van der Waals surface area (Å²) in [6, 6.07) is 6.89. The number of nitrogens with one attached hydrogen (secondary N) is 2. The summed E-state index contributed by atoms with van der Waals surface area (Å²) in [6.45, 7) is 9.26. The van der Waals surface area contributed by atoms with Crippen molar-refractivity contribution in [1.82, 2.24) is 5.32 Å². The summed E-state index contributed by atoms with van der Waals surface area (Å²) in [6.07, 6.45) is 6.73. The van der Waals surface area contributed by atoms with Gasteiger partial charge in [-0.1, -0.05) is 39.0 Å². The number of hydrogen-bond donors (Lipinski definition) is 2. The Balaban J connectivity index is 2.51. The van der Waals surface area contributed by atoms with Gasteiger partial charge in [-0.3, -0.25) is 4.79 Å². The van der Waals surface area contributed by atoms with E-state index in [9.17, 15) is 14.4 Å². The summed E-state index contributed by atoms with van der Waals surface area (Å²) >= 11 is 0. The lowest BCUT2D eigenvalue weighted by Gasteiger charge is -2.26. The largest absolute Gasteiger partial charge is 0.494 e. The Bertz CT molecular complexity index is 682. The van der Waals surface area contributed by atoms with Crippen LogP contribution in [-0.4, -0.2) is 36.0 Å². The van der Waals surface area contributed by atoms with Gasteiger partial charge in [0.2, 0.25) is 0 Å². The van der Waals surface area contributed by atoms with Crippen molar-refractivity contribution in [2.75, 3.05) is 11.9 Å². The summed E-state index contributed by atoms with van der Waals surface area (Å²) in [4.78, 5) is 36.0. The zero-order valence-corrected chi connectivity index (χ0v) is 18.9. The molecule has 1 atom stereocenters. The normalized spacial score (nSPS) is 13.1. The standard InChI is InChI=1S/C23H36N2O5/c1-6-7-8-9-10-11-16-29-19-14-12-18(13-15-19)24-20(27)23(5,17-26)25-21(28)30-22(2,3)4/h12-15,17H,6-11,16H2,1-5H3,(H,24,27)(H,25,28). The highest BCUT2D eigenvalue weighted by Crippen LogP contribution is 2.18. The third-order valence-electron chi connectivity index (χ3n) is 4.35. The highest BCUT2D eigenvalue weighted by Gasteiger charge is 2.36. The molecule has 0 radical (unpaired) electrons. The van der Waals surface area contributed by atoms with Crippen molar-refractivity contribution < 1.29 is 23.9 Å². The number of unbranched alkanes of at least 4 members (excludes halogenated alkanes) is 5. The third-order valence-corrected chi connectivity index (χ3v) is 4.35. The number of alkyl carbamates (subject to hydrolysis) is 1. The molecule has 0 heterocycles. The molecule has 2 N–H and O–H groups in total. The summed E-state index contributed by atoms with van der Waals surface area (Å²) in [5.41, 5.74) is -2.00. The van der Waals surface area contributed by atoms with Crippen LogP contribution in [0.1, 0.15) is 73.1 Å². The van der Waals surface area contributed by atoms with Crippen LogP contribution in [0.5, 0.6) is 5.75 Å². The quantitative estimate of drug-likeness (QED) is 0.286. The van der Waals surface area contributed by atoms with Gasteiger partial charge in [0.05, 0.1) is 6.61 Å². The van der Waals surface area contributed by atoms with E-state index in [0.717, 1.165) is 12.8 Å². The van der Waals surface area contributed by atoms with E-state index in [2.05, 4.69) is 17.6 Å². The maximum Gasteiger partial charge on any atom is 0.408 e. The smallest absolute Gasteiger partial charge is 0.408 e. The van der Waals surface area contributed by atoms with Crippen molar-refractivity contribution >= 4 is 24.0 Å². The van der Waals surface area contributed by atoms with Crippen LogP contribution in [0.4, 0.5) is 10.5 Å².